The van der Waals surface area contributed by atoms with Gasteiger partial charge < -0.3 is 10.2 Å². The van der Waals surface area contributed by atoms with Crippen LogP contribution in [0.15, 0.2) is 0 Å². The van der Waals surface area contributed by atoms with Crippen LogP contribution in [-0.4, -0.2) is 37.1 Å². The minimum atomic E-state index is 0.752. The lowest BCUT2D eigenvalue weighted by Crippen LogP contribution is -2.51. The molecule has 0 spiro atoms. The van der Waals surface area contributed by atoms with E-state index in [1.54, 1.807) is 38.5 Å². The Morgan fingerprint density at radius 3 is 2.30 bits per heavy atom. The van der Waals surface area contributed by atoms with Crippen molar-refractivity contribution in [2.45, 2.75) is 57.4 Å². The van der Waals surface area contributed by atoms with Gasteiger partial charge in [-0.25, -0.2) is 0 Å². The molecule has 2 aliphatic heterocycles. The van der Waals surface area contributed by atoms with E-state index in [-0.39, 0.29) is 0 Å². The summed E-state index contributed by atoms with van der Waals surface area (Å²) in [5.41, 5.74) is 0.752. The Balaban J connectivity index is 1.30. The quantitative estimate of drug-likeness (QED) is 0.833. The van der Waals surface area contributed by atoms with E-state index in [2.05, 4.69) is 10.2 Å². The Morgan fingerprint density at radius 2 is 1.65 bits per heavy atom. The van der Waals surface area contributed by atoms with E-state index in [0.717, 1.165) is 35.1 Å². The van der Waals surface area contributed by atoms with Crippen molar-refractivity contribution in [3.8, 4) is 0 Å². The number of likely N-dealkylation sites (tertiary alicyclic amines) is 1. The molecular formula is C18H30N2. The molecule has 2 nitrogen and oxygen atoms in total. The van der Waals surface area contributed by atoms with Crippen molar-refractivity contribution in [3.05, 3.63) is 0 Å². The first kappa shape index (κ1) is 12.5. The molecule has 1 N–H and O–H groups in total. The minimum Gasteiger partial charge on any atom is -0.312 e. The normalized spacial score (nSPS) is 54.3. The minimum absolute atomic E-state index is 0.752. The Kier molecular flexibility index (Phi) is 2.78. The van der Waals surface area contributed by atoms with Crippen LogP contribution in [0.3, 0.4) is 0 Å². The van der Waals surface area contributed by atoms with E-state index in [9.17, 15) is 0 Å². The lowest BCUT2D eigenvalue weighted by Gasteiger charge is -2.57. The van der Waals surface area contributed by atoms with Gasteiger partial charge in [-0.05, 0) is 87.0 Å². The number of hydrogen-bond acceptors (Lipinski definition) is 2. The zero-order valence-corrected chi connectivity index (χ0v) is 12.8. The molecule has 6 fully saturated rings. The number of rotatable bonds is 2. The number of hydrogen-bond donors (Lipinski definition) is 1. The van der Waals surface area contributed by atoms with Crippen molar-refractivity contribution in [2.24, 2.45) is 29.1 Å². The topological polar surface area (TPSA) is 15.3 Å². The first-order valence-corrected chi connectivity index (χ1v) is 9.24. The Labute approximate surface area is 123 Å². The molecule has 0 aromatic carbocycles. The first-order valence-electron chi connectivity index (χ1n) is 9.24. The summed E-state index contributed by atoms with van der Waals surface area (Å²) < 4.78 is 0. The Hall–Kier alpha value is -0.0800. The van der Waals surface area contributed by atoms with E-state index in [1.807, 2.05) is 0 Å². The summed E-state index contributed by atoms with van der Waals surface area (Å²) in [7, 11) is 0. The third kappa shape index (κ3) is 1.98. The molecule has 2 saturated heterocycles. The average molecular weight is 274 g/mol. The van der Waals surface area contributed by atoms with Gasteiger partial charge in [0.2, 0.25) is 0 Å². The van der Waals surface area contributed by atoms with Crippen LogP contribution in [0.25, 0.3) is 0 Å². The van der Waals surface area contributed by atoms with E-state index in [0.29, 0.717) is 0 Å². The number of nitrogens with zero attached hydrogens (tertiary/aromatic N) is 1. The van der Waals surface area contributed by atoms with Crippen molar-refractivity contribution in [1.82, 2.24) is 10.2 Å². The molecule has 4 bridgehead atoms. The molecule has 0 unspecified atom stereocenters. The molecule has 0 aromatic heterocycles. The average Bonchev–Trinajstić information content (AvgIpc) is 2.77. The summed E-state index contributed by atoms with van der Waals surface area (Å²) >= 11 is 0. The summed E-state index contributed by atoms with van der Waals surface area (Å²) in [6.45, 7) is 5.48. The molecule has 6 aliphatic rings. The molecular weight excluding hydrogens is 244 g/mol. The van der Waals surface area contributed by atoms with Gasteiger partial charge in [-0.1, -0.05) is 0 Å². The van der Waals surface area contributed by atoms with Crippen molar-refractivity contribution in [2.75, 3.05) is 26.2 Å². The van der Waals surface area contributed by atoms with Crippen LogP contribution >= 0.6 is 0 Å². The molecule has 2 atom stereocenters. The Bertz CT molecular complexity index is 342. The second-order valence-electron chi connectivity index (χ2n) is 9.07. The second kappa shape index (κ2) is 4.46. The molecule has 0 amide bonds. The van der Waals surface area contributed by atoms with E-state index < -0.39 is 0 Å². The van der Waals surface area contributed by atoms with Crippen molar-refractivity contribution >= 4 is 0 Å². The van der Waals surface area contributed by atoms with E-state index >= 15 is 0 Å². The van der Waals surface area contributed by atoms with Crippen LogP contribution in [-0.2, 0) is 0 Å². The van der Waals surface area contributed by atoms with Crippen LogP contribution in [0.5, 0.6) is 0 Å². The molecule has 20 heavy (non-hydrogen) atoms. The van der Waals surface area contributed by atoms with Gasteiger partial charge in [0.15, 0.2) is 0 Å². The van der Waals surface area contributed by atoms with E-state index in [4.69, 9.17) is 0 Å². The van der Waals surface area contributed by atoms with Gasteiger partial charge in [0, 0.05) is 25.7 Å². The molecule has 2 heteroatoms. The van der Waals surface area contributed by atoms with Gasteiger partial charge in [0.1, 0.15) is 0 Å². The Morgan fingerprint density at radius 1 is 0.950 bits per heavy atom. The zero-order chi connectivity index (χ0) is 13.2. The van der Waals surface area contributed by atoms with Crippen LogP contribution in [0.2, 0.25) is 0 Å². The smallest absolute Gasteiger partial charge is 0.0235 e. The largest absolute Gasteiger partial charge is 0.312 e. The summed E-state index contributed by atoms with van der Waals surface area (Å²) in [5, 5.41) is 3.78. The maximum absolute atomic E-state index is 3.78. The fourth-order valence-corrected chi connectivity index (χ4v) is 7.22. The second-order valence-corrected chi connectivity index (χ2v) is 9.07. The monoisotopic (exact) mass is 274 g/mol. The highest BCUT2D eigenvalue weighted by atomic mass is 15.2. The highest BCUT2D eigenvalue weighted by molar-refractivity contribution is 5.04. The maximum atomic E-state index is 3.78. The van der Waals surface area contributed by atoms with Gasteiger partial charge in [0.05, 0.1) is 0 Å². The number of piperidine rings is 1. The summed E-state index contributed by atoms with van der Waals surface area (Å²) in [6, 6.07) is 0.831. The van der Waals surface area contributed by atoms with E-state index in [1.165, 1.54) is 39.0 Å². The summed E-state index contributed by atoms with van der Waals surface area (Å²) in [6.07, 6.45) is 12.4. The first-order chi connectivity index (χ1) is 9.78. The van der Waals surface area contributed by atoms with Crippen LogP contribution in [0, 0.1) is 29.1 Å². The standard InChI is InChI=1S/C18H30N2/c1-2-16-10-20(11-17(16)19-3-1)12-18-7-13-4-14(8-18)6-15(5-13)9-18/h13-17,19H,1-12H2/t13?,14?,15?,16-,17+,18?/m0/s1. The lowest BCUT2D eigenvalue weighted by molar-refractivity contribution is -0.0669. The fraction of sp³-hybridized carbons (Fsp3) is 1.00. The van der Waals surface area contributed by atoms with Crippen LogP contribution in [0.1, 0.15) is 51.4 Å². The number of fused-ring (bicyclic) bond motifs is 1. The van der Waals surface area contributed by atoms with Crippen molar-refractivity contribution in [1.29, 1.82) is 0 Å². The molecule has 4 aliphatic carbocycles. The van der Waals surface area contributed by atoms with Gasteiger partial charge in [-0.3, -0.25) is 0 Å². The van der Waals surface area contributed by atoms with Crippen molar-refractivity contribution < 1.29 is 0 Å². The number of nitrogens with one attached hydrogen (secondary N) is 1. The third-order valence-electron chi connectivity index (χ3n) is 7.40. The molecule has 0 radical (unpaired) electrons. The highest BCUT2D eigenvalue weighted by Gasteiger charge is 2.52. The molecule has 0 aromatic rings. The maximum Gasteiger partial charge on any atom is 0.0235 e. The van der Waals surface area contributed by atoms with Crippen LogP contribution < -0.4 is 5.32 Å². The zero-order valence-electron chi connectivity index (χ0n) is 12.8. The van der Waals surface area contributed by atoms with Gasteiger partial charge >= 0.3 is 0 Å². The molecule has 4 saturated carbocycles. The fourth-order valence-electron chi connectivity index (χ4n) is 7.22. The van der Waals surface area contributed by atoms with Crippen LogP contribution in [0.4, 0.5) is 0 Å². The van der Waals surface area contributed by atoms with Gasteiger partial charge in [0.25, 0.3) is 0 Å². The summed E-state index contributed by atoms with van der Waals surface area (Å²) in [4.78, 5) is 2.86. The molecule has 6 rings (SSSR count). The molecule has 112 valence electrons. The third-order valence-corrected chi connectivity index (χ3v) is 7.40. The highest BCUT2D eigenvalue weighted by Crippen LogP contribution is 2.60. The lowest BCUT2D eigenvalue weighted by atomic mass is 9.49. The SMILES string of the molecule is C1CN[C@@H]2CN(CC34CC5CC(CC(C5)C3)C4)C[C@@H]2C1. The summed E-state index contributed by atoms with van der Waals surface area (Å²) in [5.74, 6) is 4.32. The predicted molar refractivity (Wildman–Crippen MR) is 81.6 cm³/mol. The van der Waals surface area contributed by atoms with Crippen molar-refractivity contribution in [3.63, 3.8) is 0 Å². The van der Waals surface area contributed by atoms with Gasteiger partial charge in [-0.15, -0.1) is 0 Å². The molecule has 2 heterocycles. The predicted octanol–water partition coefficient (Wildman–Crippen LogP) is 2.89. The van der Waals surface area contributed by atoms with Gasteiger partial charge in [-0.2, -0.15) is 0 Å².